The Kier molecular flexibility index (Phi) is 7.80. The predicted molar refractivity (Wildman–Crippen MR) is 128 cm³/mol. The lowest BCUT2D eigenvalue weighted by Crippen LogP contribution is -2.44. The summed E-state index contributed by atoms with van der Waals surface area (Å²) < 4.78 is 20.9. The fraction of sp³-hybridized carbons (Fsp3) is 0.360. The molecule has 2 heterocycles. The molecule has 2 aromatic carbocycles. The Morgan fingerprint density at radius 3 is 2.55 bits per heavy atom. The number of benzene rings is 2. The maximum absolute atomic E-state index is 13.4. The van der Waals surface area contributed by atoms with Crippen molar-refractivity contribution in [3.63, 3.8) is 0 Å². The van der Waals surface area contributed by atoms with Gasteiger partial charge in [0.15, 0.2) is 5.16 Å². The van der Waals surface area contributed by atoms with Gasteiger partial charge < -0.3 is 10.1 Å². The molecule has 1 aromatic heterocycles. The zero-order valence-corrected chi connectivity index (χ0v) is 19.8. The number of imidazole rings is 1. The van der Waals surface area contributed by atoms with Crippen molar-refractivity contribution >= 4 is 17.7 Å². The SMILES string of the molecule is Cc1cc(C)cc(-n2ccnc2SCC(=O)NC[C@H](c2ccc(F)cc2)N2CCOCC2)c1. The zero-order valence-electron chi connectivity index (χ0n) is 19.0. The van der Waals surface area contributed by atoms with Crippen molar-refractivity contribution in [2.75, 3.05) is 38.6 Å². The predicted octanol–water partition coefficient (Wildman–Crippen LogP) is 3.91. The first-order valence-corrected chi connectivity index (χ1v) is 12.1. The van der Waals surface area contributed by atoms with Crippen LogP contribution in [0.5, 0.6) is 0 Å². The van der Waals surface area contributed by atoms with Crippen molar-refractivity contribution in [3.8, 4) is 5.69 Å². The molecule has 1 atom stereocenters. The summed E-state index contributed by atoms with van der Waals surface area (Å²) in [6.45, 7) is 7.46. The van der Waals surface area contributed by atoms with Crippen LogP contribution in [0.2, 0.25) is 0 Å². The van der Waals surface area contributed by atoms with Crippen LogP contribution in [0.1, 0.15) is 22.7 Å². The largest absolute Gasteiger partial charge is 0.379 e. The number of carbonyl (C=O) groups is 1. The Morgan fingerprint density at radius 1 is 1.15 bits per heavy atom. The van der Waals surface area contributed by atoms with E-state index in [1.54, 1.807) is 18.3 Å². The van der Waals surface area contributed by atoms with Gasteiger partial charge in [-0.15, -0.1) is 0 Å². The van der Waals surface area contributed by atoms with Gasteiger partial charge in [-0.05, 0) is 54.8 Å². The average molecular weight is 469 g/mol. The summed E-state index contributed by atoms with van der Waals surface area (Å²) in [5.41, 5.74) is 4.39. The van der Waals surface area contributed by atoms with Gasteiger partial charge in [0.05, 0.1) is 25.0 Å². The lowest BCUT2D eigenvalue weighted by molar-refractivity contribution is -0.118. The fourth-order valence-electron chi connectivity index (χ4n) is 4.11. The summed E-state index contributed by atoms with van der Waals surface area (Å²) in [6, 6.07) is 12.8. The minimum atomic E-state index is -0.265. The molecule has 1 fully saturated rings. The minimum absolute atomic E-state index is 0.0271. The number of thioether (sulfide) groups is 1. The van der Waals surface area contributed by atoms with Gasteiger partial charge in [-0.1, -0.05) is 30.0 Å². The summed E-state index contributed by atoms with van der Waals surface area (Å²) in [5, 5.41) is 3.84. The molecule has 1 N–H and O–H groups in total. The molecule has 0 aliphatic carbocycles. The Labute approximate surface area is 198 Å². The summed E-state index contributed by atoms with van der Waals surface area (Å²) in [4.78, 5) is 19.4. The molecule has 0 radical (unpaired) electrons. The number of nitrogens with one attached hydrogen (secondary N) is 1. The van der Waals surface area contributed by atoms with Crippen molar-refractivity contribution < 1.29 is 13.9 Å². The number of aromatic nitrogens is 2. The maximum atomic E-state index is 13.4. The van der Waals surface area contributed by atoms with E-state index in [4.69, 9.17) is 4.74 Å². The van der Waals surface area contributed by atoms with Crippen molar-refractivity contribution in [1.82, 2.24) is 19.8 Å². The number of halogens is 1. The van der Waals surface area contributed by atoms with Gasteiger partial charge in [0, 0.05) is 37.7 Å². The van der Waals surface area contributed by atoms with Gasteiger partial charge in [0.2, 0.25) is 5.91 Å². The molecular weight excluding hydrogens is 439 g/mol. The highest BCUT2D eigenvalue weighted by atomic mass is 32.2. The number of nitrogens with zero attached hydrogens (tertiary/aromatic N) is 3. The minimum Gasteiger partial charge on any atom is -0.379 e. The van der Waals surface area contributed by atoms with Crippen LogP contribution in [-0.4, -0.2) is 59.0 Å². The lowest BCUT2D eigenvalue weighted by Gasteiger charge is -2.35. The van der Waals surface area contributed by atoms with Crippen molar-refractivity contribution in [2.24, 2.45) is 0 Å². The number of carbonyl (C=O) groups excluding carboxylic acids is 1. The first kappa shape index (κ1) is 23.5. The van der Waals surface area contributed by atoms with Crippen LogP contribution in [0.15, 0.2) is 60.0 Å². The van der Waals surface area contributed by atoms with Crippen LogP contribution in [0.4, 0.5) is 4.39 Å². The molecule has 1 saturated heterocycles. The average Bonchev–Trinajstić information content (AvgIpc) is 3.28. The van der Waals surface area contributed by atoms with Gasteiger partial charge >= 0.3 is 0 Å². The highest BCUT2D eigenvalue weighted by molar-refractivity contribution is 7.99. The van der Waals surface area contributed by atoms with Crippen LogP contribution < -0.4 is 5.32 Å². The molecule has 1 aliphatic rings. The zero-order chi connectivity index (χ0) is 23.2. The second kappa shape index (κ2) is 11.0. The van der Waals surface area contributed by atoms with Crippen molar-refractivity contribution in [2.45, 2.75) is 25.0 Å². The molecule has 174 valence electrons. The Hall–Kier alpha value is -2.68. The van der Waals surface area contributed by atoms with Crippen molar-refractivity contribution in [3.05, 3.63) is 77.4 Å². The van der Waals surface area contributed by atoms with E-state index >= 15 is 0 Å². The number of hydrogen-bond acceptors (Lipinski definition) is 5. The monoisotopic (exact) mass is 468 g/mol. The summed E-state index contributed by atoms with van der Waals surface area (Å²) in [7, 11) is 0. The second-order valence-corrected chi connectivity index (χ2v) is 9.18. The molecule has 0 unspecified atom stereocenters. The molecule has 6 nitrogen and oxygen atoms in total. The molecule has 0 saturated carbocycles. The first-order valence-electron chi connectivity index (χ1n) is 11.1. The van der Waals surface area contributed by atoms with E-state index in [1.807, 2.05) is 10.8 Å². The van der Waals surface area contributed by atoms with Crippen molar-refractivity contribution in [1.29, 1.82) is 0 Å². The van der Waals surface area contributed by atoms with E-state index in [9.17, 15) is 9.18 Å². The van der Waals surface area contributed by atoms with Crippen LogP contribution in [0, 0.1) is 19.7 Å². The maximum Gasteiger partial charge on any atom is 0.230 e. The molecule has 1 aliphatic heterocycles. The summed E-state index contributed by atoms with van der Waals surface area (Å²) in [6.07, 6.45) is 3.67. The number of amides is 1. The van der Waals surface area contributed by atoms with E-state index < -0.39 is 0 Å². The molecule has 0 bridgehead atoms. The molecule has 0 spiro atoms. The normalized spacial score (nSPS) is 15.4. The van der Waals surface area contributed by atoms with E-state index in [1.165, 1.54) is 35.0 Å². The van der Waals surface area contributed by atoms with Gasteiger partial charge in [-0.3, -0.25) is 14.3 Å². The third-order valence-electron chi connectivity index (χ3n) is 5.66. The number of hydrogen-bond donors (Lipinski definition) is 1. The van der Waals surface area contributed by atoms with E-state index in [2.05, 4.69) is 47.2 Å². The smallest absolute Gasteiger partial charge is 0.230 e. The Balaban J connectivity index is 1.38. The quantitative estimate of drug-likeness (QED) is 0.508. The Bertz CT molecular complexity index is 1060. The van der Waals surface area contributed by atoms with Crippen LogP contribution in [0.3, 0.4) is 0 Å². The highest BCUT2D eigenvalue weighted by Gasteiger charge is 2.23. The highest BCUT2D eigenvalue weighted by Crippen LogP contribution is 2.24. The van der Waals surface area contributed by atoms with Gasteiger partial charge in [-0.25, -0.2) is 9.37 Å². The molecule has 4 rings (SSSR count). The molecule has 3 aromatic rings. The number of aryl methyl sites for hydroxylation is 2. The number of rotatable bonds is 8. The van der Waals surface area contributed by atoms with Crippen LogP contribution >= 0.6 is 11.8 Å². The summed E-state index contributed by atoms with van der Waals surface area (Å²) in [5.74, 6) is -0.0595. The van der Waals surface area contributed by atoms with Gasteiger partial charge in [0.25, 0.3) is 0 Å². The van der Waals surface area contributed by atoms with Crippen LogP contribution in [-0.2, 0) is 9.53 Å². The topological polar surface area (TPSA) is 59.4 Å². The third kappa shape index (κ3) is 6.22. The first-order chi connectivity index (χ1) is 16.0. The molecule has 33 heavy (non-hydrogen) atoms. The second-order valence-electron chi connectivity index (χ2n) is 8.23. The van der Waals surface area contributed by atoms with Gasteiger partial charge in [0.1, 0.15) is 5.82 Å². The molecule has 8 heteroatoms. The van der Waals surface area contributed by atoms with E-state index in [0.717, 1.165) is 29.5 Å². The number of morpholine rings is 1. The van der Waals surface area contributed by atoms with Crippen LogP contribution in [0.25, 0.3) is 5.69 Å². The van der Waals surface area contributed by atoms with E-state index in [-0.39, 0.29) is 23.5 Å². The molecule has 1 amide bonds. The fourth-order valence-corrected chi connectivity index (χ4v) is 4.91. The third-order valence-corrected chi connectivity index (χ3v) is 6.62. The standard InChI is InChI=1S/C25H29FN4O2S/c1-18-13-19(2)15-22(14-18)30-8-7-27-25(30)33-17-24(31)28-16-23(29-9-11-32-12-10-29)20-3-5-21(26)6-4-20/h3-8,13-15,23H,9-12,16-17H2,1-2H3,(H,28,31)/t23-/m1/s1. The van der Waals surface area contributed by atoms with E-state index in [0.29, 0.717) is 19.8 Å². The number of ether oxygens (including phenoxy) is 1. The lowest BCUT2D eigenvalue weighted by atomic mass is 10.0. The Morgan fingerprint density at radius 2 is 1.85 bits per heavy atom. The summed E-state index contributed by atoms with van der Waals surface area (Å²) >= 11 is 1.41. The molecular formula is C25H29FN4O2S. The van der Waals surface area contributed by atoms with Gasteiger partial charge in [-0.2, -0.15) is 0 Å².